The molecule has 1 spiro atoms. The summed E-state index contributed by atoms with van der Waals surface area (Å²) in [5, 5.41) is 0. The van der Waals surface area contributed by atoms with Gasteiger partial charge in [0.25, 0.3) is 0 Å². The number of fused-ring (bicyclic) bond motifs is 3. The quantitative estimate of drug-likeness (QED) is 0.688. The van der Waals surface area contributed by atoms with Crippen molar-refractivity contribution in [2.24, 2.45) is 0 Å². The molecule has 5 heteroatoms. The minimum absolute atomic E-state index is 0.116. The van der Waals surface area contributed by atoms with Crippen molar-refractivity contribution in [3.05, 3.63) is 58.9 Å². The maximum absolute atomic E-state index is 13.4. The normalized spacial score (nSPS) is 25.5. The number of hydrogen-bond acceptors (Lipinski definition) is 4. The van der Waals surface area contributed by atoms with Crippen LogP contribution in [0.4, 0.5) is 15.8 Å². The van der Waals surface area contributed by atoms with E-state index in [1.54, 1.807) is 6.07 Å². The summed E-state index contributed by atoms with van der Waals surface area (Å²) in [7, 11) is 2.28. The molecule has 2 aromatic carbocycles. The second-order valence-electron chi connectivity index (χ2n) is 10.0. The van der Waals surface area contributed by atoms with Crippen LogP contribution in [0.15, 0.2) is 36.4 Å². The summed E-state index contributed by atoms with van der Waals surface area (Å²) in [5.74, 6) is 0.357. The number of anilines is 2. The largest absolute Gasteiger partial charge is 0.365 e. The lowest BCUT2D eigenvalue weighted by atomic mass is 9.88. The van der Waals surface area contributed by atoms with Gasteiger partial charge in [-0.25, -0.2) is 4.39 Å². The number of benzene rings is 2. The molecule has 2 unspecified atom stereocenters. The first-order chi connectivity index (χ1) is 15.0. The Hall–Kier alpha value is -2.40. The first-order valence-corrected chi connectivity index (χ1v) is 11.6. The third-order valence-electron chi connectivity index (χ3n) is 8.30. The zero-order chi connectivity index (χ0) is 21.3. The Labute approximate surface area is 183 Å². The third-order valence-corrected chi connectivity index (χ3v) is 8.30. The van der Waals surface area contributed by atoms with Gasteiger partial charge in [0.15, 0.2) is 5.78 Å². The van der Waals surface area contributed by atoms with Crippen LogP contribution in [-0.4, -0.2) is 55.5 Å². The van der Waals surface area contributed by atoms with Crippen LogP contribution in [0.3, 0.4) is 0 Å². The standard InChI is InChI=1S/C26H30FN3O/c1-17-14-18(27)6-7-19(17)24(31)9-13-29-12-8-22-21(15-29)20-4-3-5-23-25(20)30(22)16-26(10-11-26)28(23)2/h3-7,14,21-22H,8-13,15-16H2,1-2H3. The first kappa shape index (κ1) is 19.3. The summed E-state index contributed by atoms with van der Waals surface area (Å²) in [6.45, 7) is 5.81. The van der Waals surface area contributed by atoms with Crippen molar-refractivity contribution in [3.8, 4) is 0 Å². The summed E-state index contributed by atoms with van der Waals surface area (Å²) in [6, 6.07) is 11.9. The molecule has 1 saturated carbocycles. The molecule has 6 rings (SSSR count). The van der Waals surface area contributed by atoms with Gasteiger partial charge in [-0.05, 0) is 61.6 Å². The number of nitrogens with zero attached hydrogens (tertiary/aromatic N) is 3. The number of halogens is 1. The Balaban J connectivity index is 1.18. The van der Waals surface area contributed by atoms with Gasteiger partial charge in [0.05, 0.1) is 16.9 Å². The van der Waals surface area contributed by atoms with Gasteiger partial charge in [0.2, 0.25) is 0 Å². The number of Topliss-reactive ketones (excluding diaryl/α,β-unsaturated/α-hetero) is 1. The van der Waals surface area contributed by atoms with E-state index in [1.165, 1.54) is 41.9 Å². The number of rotatable bonds is 4. The van der Waals surface area contributed by atoms with Gasteiger partial charge in [-0.1, -0.05) is 12.1 Å². The molecule has 0 radical (unpaired) electrons. The Morgan fingerprint density at radius 3 is 2.84 bits per heavy atom. The highest BCUT2D eigenvalue weighted by molar-refractivity contribution is 5.97. The number of ketones is 1. The van der Waals surface area contributed by atoms with Crippen molar-refractivity contribution in [1.82, 2.24) is 4.90 Å². The van der Waals surface area contributed by atoms with Crippen molar-refractivity contribution in [1.29, 1.82) is 0 Å². The molecule has 3 heterocycles. The topological polar surface area (TPSA) is 26.8 Å². The Morgan fingerprint density at radius 2 is 2.06 bits per heavy atom. The fraction of sp³-hybridized carbons (Fsp3) is 0.500. The van der Waals surface area contributed by atoms with E-state index in [1.807, 2.05) is 6.92 Å². The van der Waals surface area contributed by atoms with Crippen LogP contribution in [0.5, 0.6) is 0 Å². The fourth-order valence-electron chi connectivity index (χ4n) is 6.33. The van der Waals surface area contributed by atoms with E-state index in [0.717, 1.165) is 38.2 Å². The number of likely N-dealkylation sites (N-methyl/N-ethyl adjacent to an activating group) is 1. The Morgan fingerprint density at radius 1 is 1.23 bits per heavy atom. The minimum atomic E-state index is -0.282. The number of piperidine rings is 1. The highest BCUT2D eigenvalue weighted by atomic mass is 19.1. The number of carbonyl (C=O) groups is 1. The zero-order valence-electron chi connectivity index (χ0n) is 18.4. The molecule has 31 heavy (non-hydrogen) atoms. The first-order valence-electron chi connectivity index (χ1n) is 11.6. The molecule has 162 valence electrons. The highest BCUT2D eigenvalue weighted by Gasteiger charge is 2.56. The minimum Gasteiger partial charge on any atom is -0.365 e. The van der Waals surface area contributed by atoms with Gasteiger partial charge in [-0.15, -0.1) is 0 Å². The van der Waals surface area contributed by atoms with Crippen LogP contribution >= 0.6 is 0 Å². The van der Waals surface area contributed by atoms with Gasteiger partial charge >= 0.3 is 0 Å². The predicted octanol–water partition coefficient (Wildman–Crippen LogP) is 4.37. The molecule has 1 aliphatic carbocycles. The lowest BCUT2D eigenvalue weighted by Crippen LogP contribution is -2.54. The molecule has 2 fully saturated rings. The zero-order valence-corrected chi connectivity index (χ0v) is 18.4. The monoisotopic (exact) mass is 419 g/mol. The molecule has 0 aromatic heterocycles. The van der Waals surface area contributed by atoms with Crippen LogP contribution in [0, 0.1) is 12.7 Å². The van der Waals surface area contributed by atoms with Crippen molar-refractivity contribution in [3.63, 3.8) is 0 Å². The van der Waals surface area contributed by atoms with Crippen molar-refractivity contribution in [2.75, 3.05) is 43.0 Å². The summed E-state index contributed by atoms with van der Waals surface area (Å²) in [5.41, 5.74) is 6.11. The van der Waals surface area contributed by atoms with E-state index >= 15 is 0 Å². The Bertz CT molecular complexity index is 1060. The number of likely N-dealkylation sites (tertiary alicyclic amines) is 1. The summed E-state index contributed by atoms with van der Waals surface area (Å²) >= 11 is 0. The van der Waals surface area contributed by atoms with Crippen molar-refractivity contribution < 1.29 is 9.18 Å². The van der Waals surface area contributed by atoms with Crippen LogP contribution < -0.4 is 9.80 Å². The molecule has 4 nitrogen and oxygen atoms in total. The molecule has 0 bridgehead atoms. The summed E-state index contributed by atoms with van der Waals surface area (Å²) < 4.78 is 13.4. The van der Waals surface area contributed by atoms with Crippen molar-refractivity contribution in [2.45, 2.75) is 50.1 Å². The van der Waals surface area contributed by atoms with E-state index in [4.69, 9.17) is 0 Å². The van der Waals surface area contributed by atoms with Gasteiger partial charge in [0, 0.05) is 57.2 Å². The van der Waals surface area contributed by atoms with E-state index in [9.17, 15) is 9.18 Å². The number of para-hydroxylation sites is 1. The average Bonchev–Trinajstić information content (AvgIpc) is 3.47. The van der Waals surface area contributed by atoms with Gasteiger partial charge in [0.1, 0.15) is 5.82 Å². The molecule has 1 saturated heterocycles. The van der Waals surface area contributed by atoms with Crippen LogP contribution in [0.1, 0.15) is 53.1 Å². The molecule has 2 aromatic rings. The molecular formula is C26H30FN3O. The smallest absolute Gasteiger partial charge is 0.164 e. The maximum Gasteiger partial charge on any atom is 0.164 e. The summed E-state index contributed by atoms with van der Waals surface area (Å²) in [4.78, 5) is 20.5. The van der Waals surface area contributed by atoms with E-state index in [0.29, 0.717) is 29.5 Å². The second-order valence-corrected chi connectivity index (χ2v) is 10.0. The number of aryl methyl sites for hydroxylation is 1. The van der Waals surface area contributed by atoms with E-state index in [-0.39, 0.29) is 11.6 Å². The SMILES string of the molecule is Cc1cc(F)ccc1C(=O)CCN1CCC2C(C1)c1cccc3c1N2CC1(CC1)N3C. The van der Waals surface area contributed by atoms with Crippen LogP contribution in [0.2, 0.25) is 0 Å². The van der Waals surface area contributed by atoms with E-state index in [2.05, 4.69) is 39.9 Å². The fourth-order valence-corrected chi connectivity index (χ4v) is 6.33. The summed E-state index contributed by atoms with van der Waals surface area (Å²) in [6.07, 6.45) is 4.25. The molecular weight excluding hydrogens is 389 g/mol. The second kappa shape index (κ2) is 6.80. The van der Waals surface area contributed by atoms with Crippen LogP contribution in [-0.2, 0) is 0 Å². The van der Waals surface area contributed by atoms with E-state index < -0.39 is 0 Å². The lowest BCUT2D eigenvalue weighted by molar-refractivity contribution is 0.0952. The highest BCUT2D eigenvalue weighted by Crippen LogP contribution is 2.57. The molecule has 0 amide bonds. The Kier molecular flexibility index (Phi) is 4.23. The van der Waals surface area contributed by atoms with Crippen molar-refractivity contribution >= 4 is 17.2 Å². The third kappa shape index (κ3) is 2.93. The molecule has 4 aliphatic rings. The number of carbonyl (C=O) groups excluding carboxylic acids is 1. The average molecular weight is 420 g/mol. The van der Waals surface area contributed by atoms with Gasteiger partial charge < -0.3 is 14.7 Å². The molecule has 2 atom stereocenters. The predicted molar refractivity (Wildman–Crippen MR) is 122 cm³/mol. The number of hydrogen-bond donors (Lipinski definition) is 0. The molecule has 3 aliphatic heterocycles. The lowest BCUT2D eigenvalue weighted by Gasteiger charge is -2.46. The van der Waals surface area contributed by atoms with Gasteiger partial charge in [-0.3, -0.25) is 4.79 Å². The maximum atomic E-state index is 13.4. The molecule has 0 N–H and O–H groups in total. The van der Waals surface area contributed by atoms with Crippen LogP contribution in [0.25, 0.3) is 0 Å². The van der Waals surface area contributed by atoms with Gasteiger partial charge in [-0.2, -0.15) is 0 Å².